The van der Waals surface area contributed by atoms with Crippen LogP contribution in [0, 0.1) is 0 Å². The lowest BCUT2D eigenvalue weighted by atomic mass is 10.0. The van der Waals surface area contributed by atoms with Crippen LogP contribution in [0.4, 0.5) is 0 Å². The molecule has 1 aliphatic rings. The number of piperidine rings is 1. The molecule has 0 unspecified atom stereocenters. The number of nitrogens with one attached hydrogen (secondary N) is 2. The summed E-state index contributed by atoms with van der Waals surface area (Å²) in [6.07, 6.45) is 2.72. The lowest BCUT2D eigenvalue weighted by molar-refractivity contribution is 0.0972. The van der Waals surface area contributed by atoms with Gasteiger partial charge in [0.05, 0.1) is 12.2 Å². The van der Waals surface area contributed by atoms with Gasteiger partial charge in [0.1, 0.15) is 5.75 Å². The molecule has 0 aliphatic carbocycles. The number of thiocarbonyl (C=S) groups is 1. The minimum atomic E-state index is -0.278. The van der Waals surface area contributed by atoms with Gasteiger partial charge in [-0.3, -0.25) is 15.0 Å². The van der Waals surface area contributed by atoms with Crippen molar-refractivity contribution in [1.82, 2.24) is 15.5 Å². The number of amides is 1. The predicted octanol–water partition coefficient (Wildman–Crippen LogP) is 5.34. The third-order valence-corrected chi connectivity index (χ3v) is 6.79. The normalized spacial score (nSPS) is 14.3. The summed E-state index contributed by atoms with van der Waals surface area (Å²) in [5, 5.41) is 6.51. The molecule has 3 aromatic rings. The number of carbonyl (C=O) groups excluding carboxylic acids is 1. The van der Waals surface area contributed by atoms with Crippen molar-refractivity contribution in [3.05, 3.63) is 100 Å². The second-order valence-electron chi connectivity index (χ2n) is 8.69. The number of rotatable bonds is 8. The van der Waals surface area contributed by atoms with Crippen LogP contribution in [0.15, 0.2) is 83.3 Å². The van der Waals surface area contributed by atoms with Crippen LogP contribution in [0.5, 0.6) is 5.75 Å². The fourth-order valence-electron chi connectivity index (χ4n) is 4.20. The molecule has 0 bridgehead atoms. The summed E-state index contributed by atoms with van der Waals surface area (Å²) in [6.45, 7) is 3.43. The van der Waals surface area contributed by atoms with Gasteiger partial charge in [-0.05, 0) is 54.4 Å². The van der Waals surface area contributed by atoms with Crippen LogP contribution < -0.4 is 15.4 Å². The molecule has 7 heteroatoms. The zero-order valence-corrected chi connectivity index (χ0v) is 22.0. The van der Waals surface area contributed by atoms with E-state index in [-0.39, 0.29) is 11.9 Å². The zero-order valence-electron chi connectivity index (χ0n) is 19.6. The van der Waals surface area contributed by atoms with Crippen molar-refractivity contribution in [3.63, 3.8) is 0 Å². The van der Waals surface area contributed by atoms with Gasteiger partial charge >= 0.3 is 0 Å². The Morgan fingerprint density at radius 3 is 2.31 bits per heavy atom. The minimum absolute atomic E-state index is 0.249. The SMILES string of the molecule is O=C(NC(=S)NC1CCN(Cc2ccccc2)CC1)c1cc(Br)ccc1OCCc1ccccc1. The monoisotopic (exact) mass is 551 g/mol. The Kier molecular flexibility index (Phi) is 9.28. The number of benzene rings is 3. The van der Waals surface area contributed by atoms with Crippen LogP contribution in [0.25, 0.3) is 0 Å². The van der Waals surface area contributed by atoms with E-state index in [0.717, 1.165) is 43.4 Å². The van der Waals surface area contributed by atoms with Crippen molar-refractivity contribution in [1.29, 1.82) is 0 Å². The first-order valence-electron chi connectivity index (χ1n) is 11.9. The third kappa shape index (κ3) is 7.88. The van der Waals surface area contributed by atoms with Gasteiger partial charge in [0.15, 0.2) is 5.11 Å². The molecule has 1 saturated heterocycles. The maximum Gasteiger partial charge on any atom is 0.261 e. The first kappa shape index (κ1) is 25.4. The smallest absolute Gasteiger partial charge is 0.261 e. The molecule has 3 aromatic carbocycles. The number of carbonyl (C=O) groups is 1. The van der Waals surface area contributed by atoms with Gasteiger partial charge in [-0.2, -0.15) is 0 Å². The van der Waals surface area contributed by atoms with Gasteiger partial charge in [-0.15, -0.1) is 0 Å². The summed E-state index contributed by atoms with van der Waals surface area (Å²) in [6, 6.07) is 26.4. The summed E-state index contributed by atoms with van der Waals surface area (Å²) in [5.74, 6) is 0.263. The Morgan fingerprint density at radius 1 is 0.971 bits per heavy atom. The highest BCUT2D eigenvalue weighted by molar-refractivity contribution is 9.10. The maximum atomic E-state index is 13.0. The molecule has 0 spiro atoms. The number of halogens is 1. The lowest BCUT2D eigenvalue weighted by Crippen LogP contribution is -2.48. The molecule has 1 fully saturated rings. The molecule has 0 atom stereocenters. The van der Waals surface area contributed by atoms with E-state index < -0.39 is 0 Å². The van der Waals surface area contributed by atoms with E-state index in [2.05, 4.69) is 67.9 Å². The molecule has 0 saturated carbocycles. The van der Waals surface area contributed by atoms with Gasteiger partial charge in [0.25, 0.3) is 5.91 Å². The van der Waals surface area contributed by atoms with Crippen molar-refractivity contribution in [2.45, 2.75) is 31.8 Å². The van der Waals surface area contributed by atoms with Crippen molar-refractivity contribution in [2.24, 2.45) is 0 Å². The average molecular weight is 553 g/mol. The summed E-state index contributed by atoms with van der Waals surface area (Å²) in [4.78, 5) is 15.5. The number of nitrogens with zero attached hydrogens (tertiary/aromatic N) is 1. The summed E-state index contributed by atoms with van der Waals surface area (Å²) >= 11 is 8.92. The zero-order chi connectivity index (χ0) is 24.5. The fraction of sp³-hybridized carbons (Fsp3) is 0.286. The first-order chi connectivity index (χ1) is 17.1. The van der Waals surface area contributed by atoms with Gasteiger partial charge in [0.2, 0.25) is 0 Å². The Labute approximate surface area is 221 Å². The topological polar surface area (TPSA) is 53.6 Å². The number of hydrogen-bond acceptors (Lipinski definition) is 4. The number of ether oxygens (including phenoxy) is 1. The van der Waals surface area contributed by atoms with E-state index >= 15 is 0 Å². The lowest BCUT2D eigenvalue weighted by Gasteiger charge is -2.32. The molecule has 1 amide bonds. The Balaban J connectivity index is 1.26. The highest BCUT2D eigenvalue weighted by Crippen LogP contribution is 2.24. The standard InChI is InChI=1S/C28H30BrN3O2S/c29-23-11-12-26(34-18-15-21-7-3-1-4-8-21)25(19-23)27(33)31-28(35)30-24-13-16-32(17-14-24)20-22-9-5-2-6-10-22/h1-12,19,24H,13-18,20H2,(H2,30,31,33,35). The van der Waals surface area contributed by atoms with Gasteiger partial charge in [0, 0.05) is 36.6 Å². The first-order valence-corrected chi connectivity index (χ1v) is 13.1. The minimum Gasteiger partial charge on any atom is -0.492 e. The van der Waals surface area contributed by atoms with Crippen LogP contribution in [0.1, 0.15) is 34.3 Å². The van der Waals surface area contributed by atoms with Crippen LogP contribution in [-0.4, -0.2) is 41.7 Å². The highest BCUT2D eigenvalue weighted by atomic mass is 79.9. The highest BCUT2D eigenvalue weighted by Gasteiger charge is 2.21. The van der Waals surface area contributed by atoms with Crippen molar-refractivity contribution in [2.75, 3.05) is 19.7 Å². The fourth-order valence-corrected chi connectivity index (χ4v) is 4.82. The van der Waals surface area contributed by atoms with Gasteiger partial charge in [-0.25, -0.2) is 0 Å². The van der Waals surface area contributed by atoms with E-state index in [0.29, 0.717) is 23.0 Å². The molecule has 182 valence electrons. The molecule has 1 aliphatic heterocycles. The quantitative estimate of drug-likeness (QED) is 0.370. The largest absolute Gasteiger partial charge is 0.492 e. The maximum absolute atomic E-state index is 13.0. The van der Waals surface area contributed by atoms with Crippen molar-refractivity contribution in [3.8, 4) is 5.75 Å². The molecule has 2 N–H and O–H groups in total. The molecule has 4 rings (SSSR count). The third-order valence-electron chi connectivity index (χ3n) is 6.08. The Morgan fingerprint density at radius 2 is 1.63 bits per heavy atom. The molecule has 5 nitrogen and oxygen atoms in total. The number of hydrogen-bond donors (Lipinski definition) is 2. The van der Waals surface area contributed by atoms with Crippen LogP contribution in [-0.2, 0) is 13.0 Å². The van der Waals surface area contributed by atoms with Gasteiger partial charge in [-0.1, -0.05) is 76.6 Å². The van der Waals surface area contributed by atoms with Crippen LogP contribution >= 0.6 is 28.1 Å². The molecule has 0 radical (unpaired) electrons. The van der Waals surface area contributed by atoms with E-state index in [1.54, 1.807) is 6.07 Å². The average Bonchev–Trinajstić information content (AvgIpc) is 2.87. The molecule has 1 heterocycles. The molecular weight excluding hydrogens is 522 g/mol. The Bertz CT molecular complexity index is 1120. The van der Waals surface area contributed by atoms with Gasteiger partial charge < -0.3 is 10.1 Å². The van der Waals surface area contributed by atoms with Crippen molar-refractivity contribution >= 4 is 39.2 Å². The second kappa shape index (κ2) is 12.8. The van der Waals surface area contributed by atoms with E-state index in [1.807, 2.05) is 36.4 Å². The van der Waals surface area contributed by atoms with Crippen LogP contribution in [0.2, 0.25) is 0 Å². The summed E-state index contributed by atoms with van der Waals surface area (Å²) in [7, 11) is 0. The van der Waals surface area contributed by atoms with Crippen molar-refractivity contribution < 1.29 is 9.53 Å². The summed E-state index contributed by atoms with van der Waals surface area (Å²) in [5.41, 5.74) is 2.97. The van der Waals surface area contributed by atoms with E-state index in [9.17, 15) is 4.79 Å². The summed E-state index contributed by atoms with van der Waals surface area (Å²) < 4.78 is 6.77. The second-order valence-corrected chi connectivity index (χ2v) is 10.0. The van der Waals surface area contributed by atoms with Crippen LogP contribution in [0.3, 0.4) is 0 Å². The molecule has 35 heavy (non-hydrogen) atoms. The number of likely N-dealkylation sites (tertiary alicyclic amines) is 1. The van der Waals surface area contributed by atoms with E-state index in [4.69, 9.17) is 17.0 Å². The van der Waals surface area contributed by atoms with E-state index in [1.165, 1.54) is 11.1 Å². The molecular formula is C28H30BrN3O2S. The Hall–Kier alpha value is -2.74. The predicted molar refractivity (Wildman–Crippen MR) is 148 cm³/mol. The molecule has 0 aromatic heterocycles.